The molecule has 1 aromatic heterocycles. The van der Waals surface area contributed by atoms with Crippen LogP contribution in [0.15, 0.2) is 30.7 Å². The largest absolute Gasteiger partial charge is 0.365 e. The predicted molar refractivity (Wildman–Crippen MR) is 78.7 cm³/mol. The van der Waals surface area contributed by atoms with Crippen LogP contribution < -0.4 is 10.2 Å². The maximum absolute atomic E-state index is 11.5. The van der Waals surface area contributed by atoms with Gasteiger partial charge in [-0.3, -0.25) is 4.79 Å². The molecular weight excluding hydrogens is 252 g/mol. The van der Waals surface area contributed by atoms with Gasteiger partial charge in [-0.15, -0.1) is 0 Å². The average molecular weight is 270 g/mol. The molecule has 1 aliphatic heterocycles. The molecule has 1 aromatic carbocycles. The van der Waals surface area contributed by atoms with Gasteiger partial charge < -0.3 is 15.2 Å². The van der Waals surface area contributed by atoms with E-state index in [9.17, 15) is 4.79 Å². The number of hydrogen-bond donors (Lipinski definition) is 2. The van der Waals surface area contributed by atoms with Crippen LogP contribution in [0.25, 0.3) is 0 Å². The lowest BCUT2D eigenvalue weighted by molar-refractivity contribution is -0.115. The SMILES string of the molecule is CCC(=O)Nc1ccc2c(c1)N(Cc1cnc[nH]1)CC2. The molecule has 104 valence electrons. The lowest BCUT2D eigenvalue weighted by Crippen LogP contribution is -2.20. The molecule has 0 bridgehead atoms. The van der Waals surface area contributed by atoms with Crippen LogP contribution in [0.2, 0.25) is 0 Å². The molecule has 0 aliphatic carbocycles. The number of carbonyl (C=O) groups excluding carboxylic acids is 1. The van der Waals surface area contributed by atoms with E-state index >= 15 is 0 Å². The van der Waals surface area contributed by atoms with E-state index in [1.807, 2.05) is 19.2 Å². The van der Waals surface area contributed by atoms with Crippen molar-refractivity contribution in [3.05, 3.63) is 42.0 Å². The molecule has 0 saturated heterocycles. The van der Waals surface area contributed by atoms with Crippen LogP contribution in [0.5, 0.6) is 0 Å². The first-order chi connectivity index (χ1) is 9.76. The molecule has 2 N–H and O–H groups in total. The molecule has 0 saturated carbocycles. The van der Waals surface area contributed by atoms with Crippen molar-refractivity contribution in [3.8, 4) is 0 Å². The first-order valence-corrected chi connectivity index (χ1v) is 6.91. The Morgan fingerprint density at radius 1 is 1.50 bits per heavy atom. The molecule has 0 atom stereocenters. The maximum atomic E-state index is 11.5. The Balaban J connectivity index is 1.80. The van der Waals surface area contributed by atoms with Crippen molar-refractivity contribution in [2.24, 2.45) is 0 Å². The average Bonchev–Trinajstić information content (AvgIpc) is 3.10. The van der Waals surface area contributed by atoms with E-state index in [0.29, 0.717) is 6.42 Å². The monoisotopic (exact) mass is 270 g/mol. The highest BCUT2D eigenvalue weighted by Gasteiger charge is 2.20. The number of hydrogen-bond acceptors (Lipinski definition) is 3. The third-order valence-electron chi connectivity index (χ3n) is 3.60. The molecule has 2 heterocycles. The van der Waals surface area contributed by atoms with Gasteiger partial charge in [-0.25, -0.2) is 4.98 Å². The number of benzene rings is 1. The summed E-state index contributed by atoms with van der Waals surface area (Å²) >= 11 is 0. The van der Waals surface area contributed by atoms with Gasteiger partial charge in [0.05, 0.1) is 18.6 Å². The van der Waals surface area contributed by atoms with Gasteiger partial charge >= 0.3 is 0 Å². The summed E-state index contributed by atoms with van der Waals surface area (Å²) in [6.07, 6.45) is 5.09. The smallest absolute Gasteiger partial charge is 0.224 e. The second kappa shape index (κ2) is 5.36. The number of imidazole rings is 1. The molecule has 3 rings (SSSR count). The van der Waals surface area contributed by atoms with Crippen LogP contribution in [0.1, 0.15) is 24.6 Å². The minimum atomic E-state index is 0.0445. The Labute approximate surface area is 118 Å². The van der Waals surface area contributed by atoms with Gasteiger partial charge in [-0.05, 0) is 24.1 Å². The van der Waals surface area contributed by atoms with Crippen LogP contribution >= 0.6 is 0 Å². The molecule has 0 unspecified atom stereocenters. The van der Waals surface area contributed by atoms with Gasteiger partial charge in [0.15, 0.2) is 0 Å². The Morgan fingerprint density at radius 2 is 2.40 bits per heavy atom. The van der Waals surface area contributed by atoms with Crippen molar-refractivity contribution in [2.75, 3.05) is 16.8 Å². The quantitative estimate of drug-likeness (QED) is 0.896. The predicted octanol–water partition coefficient (Wildman–Crippen LogP) is 2.32. The van der Waals surface area contributed by atoms with E-state index in [2.05, 4.69) is 32.3 Å². The van der Waals surface area contributed by atoms with E-state index in [1.54, 1.807) is 6.33 Å². The first-order valence-electron chi connectivity index (χ1n) is 6.91. The fourth-order valence-corrected chi connectivity index (χ4v) is 2.51. The van der Waals surface area contributed by atoms with E-state index in [0.717, 1.165) is 30.9 Å². The number of nitrogens with one attached hydrogen (secondary N) is 2. The number of fused-ring (bicyclic) bond motifs is 1. The summed E-state index contributed by atoms with van der Waals surface area (Å²) in [5, 5.41) is 2.91. The number of rotatable bonds is 4. The summed E-state index contributed by atoms with van der Waals surface area (Å²) in [6, 6.07) is 6.14. The second-order valence-corrected chi connectivity index (χ2v) is 4.99. The Morgan fingerprint density at radius 3 is 3.15 bits per heavy atom. The number of aromatic nitrogens is 2. The van der Waals surface area contributed by atoms with E-state index in [1.165, 1.54) is 11.3 Å². The molecular formula is C15H18N4O. The molecule has 5 heteroatoms. The Hall–Kier alpha value is -2.30. The number of aromatic amines is 1. The summed E-state index contributed by atoms with van der Waals surface area (Å²) < 4.78 is 0. The Bertz CT molecular complexity index is 606. The number of anilines is 2. The second-order valence-electron chi connectivity index (χ2n) is 4.99. The summed E-state index contributed by atoms with van der Waals surface area (Å²) in [4.78, 5) is 21.0. The minimum Gasteiger partial charge on any atom is -0.365 e. The lowest BCUT2D eigenvalue weighted by Gasteiger charge is -2.19. The fraction of sp³-hybridized carbons (Fsp3) is 0.333. The van der Waals surface area contributed by atoms with E-state index < -0.39 is 0 Å². The molecule has 1 amide bonds. The van der Waals surface area contributed by atoms with Gasteiger partial charge in [0.1, 0.15) is 0 Å². The summed E-state index contributed by atoms with van der Waals surface area (Å²) in [5.41, 5.74) is 4.50. The zero-order valence-electron chi connectivity index (χ0n) is 11.5. The van der Waals surface area contributed by atoms with Crippen molar-refractivity contribution in [1.29, 1.82) is 0 Å². The van der Waals surface area contributed by atoms with E-state index in [4.69, 9.17) is 0 Å². The van der Waals surface area contributed by atoms with Gasteiger partial charge in [-0.1, -0.05) is 13.0 Å². The Kier molecular flexibility index (Phi) is 3.41. The molecule has 5 nitrogen and oxygen atoms in total. The maximum Gasteiger partial charge on any atom is 0.224 e. The lowest BCUT2D eigenvalue weighted by atomic mass is 10.1. The minimum absolute atomic E-state index is 0.0445. The topological polar surface area (TPSA) is 61.0 Å². The van der Waals surface area contributed by atoms with Crippen LogP contribution in [0.4, 0.5) is 11.4 Å². The van der Waals surface area contributed by atoms with Crippen molar-refractivity contribution in [1.82, 2.24) is 9.97 Å². The summed E-state index contributed by atoms with van der Waals surface area (Å²) in [7, 11) is 0. The molecule has 1 aliphatic rings. The van der Waals surface area contributed by atoms with Gasteiger partial charge in [0.2, 0.25) is 5.91 Å². The van der Waals surface area contributed by atoms with Crippen molar-refractivity contribution in [3.63, 3.8) is 0 Å². The normalized spacial score (nSPS) is 13.3. The molecule has 2 aromatic rings. The van der Waals surface area contributed by atoms with Crippen LogP contribution in [-0.2, 0) is 17.8 Å². The van der Waals surface area contributed by atoms with Crippen LogP contribution in [0.3, 0.4) is 0 Å². The third-order valence-corrected chi connectivity index (χ3v) is 3.60. The van der Waals surface area contributed by atoms with Crippen molar-refractivity contribution < 1.29 is 4.79 Å². The van der Waals surface area contributed by atoms with Crippen LogP contribution in [0, 0.1) is 0 Å². The fourth-order valence-electron chi connectivity index (χ4n) is 2.51. The van der Waals surface area contributed by atoms with E-state index in [-0.39, 0.29) is 5.91 Å². The van der Waals surface area contributed by atoms with Crippen molar-refractivity contribution in [2.45, 2.75) is 26.3 Å². The molecule has 0 spiro atoms. The first kappa shape index (κ1) is 12.7. The molecule has 0 fully saturated rings. The summed E-state index contributed by atoms with van der Waals surface area (Å²) in [5.74, 6) is 0.0445. The standard InChI is InChI=1S/C15H18N4O/c1-2-15(20)18-12-4-3-11-5-6-19(14(11)7-12)9-13-8-16-10-17-13/h3-4,7-8,10H,2,5-6,9H2,1H3,(H,16,17)(H,18,20). The summed E-state index contributed by atoms with van der Waals surface area (Å²) in [6.45, 7) is 3.67. The zero-order valence-corrected chi connectivity index (χ0v) is 11.5. The van der Waals surface area contributed by atoms with Gasteiger partial charge in [0, 0.05) is 30.5 Å². The highest BCUT2D eigenvalue weighted by molar-refractivity contribution is 5.91. The highest BCUT2D eigenvalue weighted by Crippen LogP contribution is 2.31. The van der Waals surface area contributed by atoms with Gasteiger partial charge in [-0.2, -0.15) is 0 Å². The number of carbonyl (C=O) groups is 1. The zero-order chi connectivity index (χ0) is 13.9. The number of amides is 1. The third kappa shape index (κ3) is 2.52. The number of H-pyrrole nitrogens is 1. The van der Waals surface area contributed by atoms with Gasteiger partial charge in [0.25, 0.3) is 0 Å². The van der Waals surface area contributed by atoms with Crippen molar-refractivity contribution >= 4 is 17.3 Å². The van der Waals surface area contributed by atoms with Crippen LogP contribution in [-0.4, -0.2) is 22.4 Å². The molecule has 0 radical (unpaired) electrons. The molecule has 20 heavy (non-hydrogen) atoms. The number of nitrogens with zero attached hydrogens (tertiary/aromatic N) is 2. The highest BCUT2D eigenvalue weighted by atomic mass is 16.1.